The number of nitrogens with zero attached hydrogens (tertiary/aromatic N) is 1. The average Bonchev–Trinajstić information content (AvgIpc) is 2.60. The molecular formula is C9H6BrClN2O2S. The SMILES string of the molecule is O=c1[nH]c(=O)n(Cc2cc(Br)cs2)cc1Cl. The van der Waals surface area contributed by atoms with Crippen molar-refractivity contribution in [3.63, 3.8) is 0 Å². The van der Waals surface area contributed by atoms with Gasteiger partial charge in [0.15, 0.2) is 0 Å². The highest BCUT2D eigenvalue weighted by atomic mass is 79.9. The molecule has 0 saturated carbocycles. The lowest BCUT2D eigenvalue weighted by Crippen LogP contribution is -2.29. The van der Waals surface area contributed by atoms with Crippen LogP contribution in [0.1, 0.15) is 4.88 Å². The van der Waals surface area contributed by atoms with Crippen LogP contribution in [0.3, 0.4) is 0 Å². The van der Waals surface area contributed by atoms with Gasteiger partial charge in [-0.3, -0.25) is 14.3 Å². The summed E-state index contributed by atoms with van der Waals surface area (Å²) in [5, 5.41) is 1.93. The van der Waals surface area contributed by atoms with Crippen LogP contribution in [0.5, 0.6) is 0 Å². The predicted octanol–water partition coefficient (Wildman–Crippen LogP) is 2.06. The van der Waals surface area contributed by atoms with Gasteiger partial charge < -0.3 is 0 Å². The summed E-state index contributed by atoms with van der Waals surface area (Å²) in [6.45, 7) is 0.394. The molecule has 7 heteroatoms. The Bertz CT molecular complexity index is 631. The molecule has 0 atom stereocenters. The Morgan fingerprint density at radius 1 is 1.50 bits per heavy atom. The van der Waals surface area contributed by atoms with Gasteiger partial charge in [0.2, 0.25) is 0 Å². The molecule has 0 unspecified atom stereocenters. The Morgan fingerprint density at radius 3 is 2.88 bits per heavy atom. The van der Waals surface area contributed by atoms with Crippen molar-refractivity contribution in [1.29, 1.82) is 0 Å². The first-order chi connectivity index (χ1) is 7.56. The van der Waals surface area contributed by atoms with Crippen molar-refractivity contribution in [2.45, 2.75) is 6.54 Å². The van der Waals surface area contributed by atoms with Gasteiger partial charge in [0.05, 0.1) is 6.54 Å². The van der Waals surface area contributed by atoms with Crippen LogP contribution >= 0.6 is 38.9 Å². The zero-order chi connectivity index (χ0) is 11.7. The largest absolute Gasteiger partial charge is 0.328 e. The summed E-state index contributed by atoms with van der Waals surface area (Å²) in [4.78, 5) is 25.6. The third-order valence-electron chi connectivity index (χ3n) is 1.92. The summed E-state index contributed by atoms with van der Waals surface area (Å²) in [5.74, 6) is 0. The zero-order valence-electron chi connectivity index (χ0n) is 7.87. The number of rotatable bonds is 2. The van der Waals surface area contributed by atoms with Crippen molar-refractivity contribution in [2.24, 2.45) is 0 Å². The minimum atomic E-state index is -0.560. The molecule has 1 N–H and O–H groups in total. The van der Waals surface area contributed by atoms with Crippen LogP contribution in [0, 0.1) is 0 Å². The molecule has 2 aromatic heterocycles. The van der Waals surface area contributed by atoms with E-state index in [2.05, 4.69) is 20.9 Å². The summed E-state index contributed by atoms with van der Waals surface area (Å²) in [7, 11) is 0. The highest BCUT2D eigenvalue weighted by molar-refractivity contribution is 9.10. The van der Waals surface area contributed by atoms with E-state index >= 15 is 0 Å². The first kappa shape index (κ1) is 11.6. The molecule has 84 valence electrons. The summed E-state index contributed by atoms with van der Waals surface area (Å²) in [5.41, 5.74) is -1.02. The molecule has 0 spiro atoms. The lowest BCUT2D eigenvalue weighted by atomic mass is 10.4. The van der Waals surface area contributed by atoms with Crippen LogP contribution in [-0.4, -0.2) is 9.55 Å². The van der Waals surface area contributed by atoms with Crippen LogP contribution < -0.4 is 11.2 Å². The molecule has 0 bridgehead atoms. The molecule has 0 aromatic carbocycles. The molecule has 0 fully saturated rings. The fourth-order valence-corrected chi connectivity index (χ4v) is 2.82. The van der Waals surface area contributed by atoms with Crippen molar-refractivity contribution in [3.05, 3.63) is 52.9 Å². The Morgan fingerprint density at radius 2 is 2.25 bits per heavy atom. The van der Waals surface area contributed by atoms with Crippen LogP contribution in [0.15, 0.2) is 31.7 Å². The molecule has 4 nitrogen and oxygen atoms in total. The number of H-pyrrole nitrogens is 1. The van der Waals surface area contributed by atoms with E-state index in [0.29, 0.717) is 6.54 Å². The first-order valence-corrected chi connectivity index (χ1v) is 6.33. The smallest absolute Gasteiger partial charge is 0.294 e. The molecule has 2 aromatic rings. The second-order valence-electron chi connectivity index (χ2n) is 3.10. The number of hydrogen-bond donors (Lipinski definition) is 1. The Labute approximate surface area is 108 Å². The van der Waals surface area contributed by atoms with Gasteiger partial charge in [-0.2, -0.15) is 0 Å². The zero-order valence-corrected chi connectivity index (χ0v) is 11.0. The van der Waals surface area contributed by atoms with E-state index in [1.165, 1.54) is 22.1 Å². The second-order valence-corrected chi connectivity index (χ2v) is 5.41. The van der Waals surface area contributed by atoms with E-state index in [4.69, 9.17) is 11.6 Å². The van der Waals surface area contributed by atoms with Gasteiger partial charge in [-0.25, -0.2) is 4.79 Å². The van der Waals surface area contributed by atoms with E-state index < -0.39 is 11.2 Å². The lowest BCUT2D eigenvalue weighted by molar-refractivity contribution is 0.729. The number of hydrogen-bond acceptors (Lipinski definition) is 3. The molecule has 0 aliphatic heterocycles. The Balaban J connectivity index is 2.39. The summed E-state index contributed by atoms with van der Waals surface area (Å²) in [6.07, 6.45) is 1.34. The fraction of sp³-hybridized carbons (Fsp3) is 0.111. The molecule has 2 heterocycles. The van der Waals surface area contributed by atoms with Crippen molar-refractivity contribution in [3.8, 4) is 0 Å². The van der Waals surface area contributed by atoms with Gasteiger partial charge >= 0.3 is 5.69 Å². The van der Waals surface area contributed by atoms with Crippen LogP contribution in [0.2, 0.25) is 5.02 Å². The third kappa shape index (κ3) is 2.45. The van der Waals surface area contributed by atoms with E-state index in [1.807, 2.05) is 11.4 Å². The number of thiophene rings is 1. The normalized spacial score (nSPS) is 10.6. The van der Waals surface area contributed by atoms with E-state index in [9.17, 15) is 9.59 Å². The molecule has 0 radical (unpaired) electrons. The number of aromatic amines is 1. The summed E-state index contributed by atoms with van der Waals surface area (Å²) < 4.78 is 2.33. The molecule has 0 aliphatic carbocycles. The molecule has 0 amide bonds. The topological polar surface area (TPSA) is 54.9 Å². The maximum Gasteiger partial charge on any atom is 0.328 e. The van der Waals surface area contributed by atoms with Gasteiger partial charge in [-0.05, 0) is 22.0 Å². The standard InChI is InChI=1S/C9H6BrClN2O2S/c10-5-1-6(16-4-5)2-13-3-7(11)8(14)12-9(13)15/h1,3-4H,2H2,(H,12,14,15). The number of aromatic nitrogens is 2. The van der Waals surface area contributed by atoms with Gasteiger partial charge in [0.1, 0.15) is 5.02 Å². The molecule has 16 heavy (non-hydrogen) atoms. The Kier molecular flexibility index (Phi) is 3.32. The fourth-order valence-electron chi connectivity index (χ4n) is 1.20. The van der Waals surface area contributed by atoms with Crippen molar-refractivity contribution in [2.75, 3.05) is 0 Å². The maximum atomic E-state index is 11.4. The minimum absolute atomic E-state index is 0.00946. The van der Waals surface area contributed by atoms with Crippen LogP contribution in [0.25, 0.3) is 0 Å². The summed E-state index contributed by atoms with van der Waals surface area (Å²) >= 11 is 10.5. The maximum absolute atomic E-state index is 11.4. The monoisotopic (exact) mass is 320 g/mol. The van der Waals surface area contributed by atoms with Gasteiger partial charge in [-0.1, -0.05) is 11.6 Å². The van der Waals surface area contributed by atoms with Crippen molar-refractivity contribution in [1.82, 2.24) is 9.55 Å². The predicted molar refractivity (Wildman–Crippen MR) is 67.5 cm³/mol. The quantitative estimate of drug-likeness (QED) is 0.920. The Hall–Kier alpha value is -0.850. The van der Waals surface area contributed by atoms with Crippen LogP contribution in [0.4, 0.5) is 0 Å². The van der Waals surface area contributed by atoms with Gasteiger partial charge in [0, 0.05) is 20.9 Å². The molecular weight excluding hydrogens is 316 g/mol. The van der Waals surface area contributed by atoms with E-state index in [0.717, 1.165) is 9.35 Å². The van der Waals surface area contributed by atoms with Crippen molar-refractivity contribution >= 4 is 38.9 Å². The van der Waals surface area contributed by atoms with Crippen molar-refractivity contribution < 1.29 is 0 Å². The molecule has 0 aliphatic rings. The summed E-state index contributed by atoms with van der Waals surface area (Å²) in [6, 6.07) is 1.91. The highest BCUT2D eigenvalue weighted by Crippen LogP contribution is 2.20. The molecule has 0 saturated heterocycles. The number of nitrogens with one attached hydrogen (secondary N) is 1. The van der Waals surface area contributed by atoms with E-state index in [-0.39, 0.29) is 5.02 Å². The van der Waals surface area contributed by atoms with Crippen LogP contribution in [-0.2, 0) is 6.54 Å². The van der Waals surface area contributed by atoms with Gasteiger partial charge in [0.25, 0.3) is 5.56 Å². The highest BCUT2D eigenvalue weighted by Gasteiger charge is 2.04. The lowest BCUT2D eigenvalue weighted by Gasteiger charge is -2.02. The molecule has 2 rings (SSSR count). The number of halogens is 2. The first-order valence-electron chi connectivity index (χ1n) is 4.28. The second kappa shape index (κ2) is 4.57. The average molecular weight is 322 g/mol. The van der Waals surface area contributed by atoms with Gasteiger partial charge in [-0.15, -0.1) is 11.3 Å². The van der Waals surface area contributed by atoms with E-state index in [1.54, 1.807) is 0 Å². The minimum Gasteiger partial charge on any atom is -0.294 e. The third-order valence-corrected chi connectivity index (χ3v) is 3.87.